The summed E-state index contributed by atoms with van der Waals surface area (Å²) in [6.07, 6.45) is -2.34. The predicted molar refractivity (Wildman–Crippen MR) is 198 cm³/mol. The Morgan fingerprint density at radius 3 is 1.85 bits per heavy atom. The van der Waals surface area contributed by atoms with Crippen LogP contribution in [-0.2, 0) is 28.4 Å². The Morgan fingerprint density at radius 2 is 1.25 bits per heavy atom. The molecule has 1 saturated carbocycles. The van der Waals surface area contributed by atoms with Crippen LogP contribution in [0.25, 0.3) is 0 Å². The topological polar surface area (TPSA) is 89.5 Å². The Morgan fingerprint density at radius 1 is 0.692 bits per heavy atom. The Kier molecular flexibility index (Phi) is 11.7. The molecule has 2 heterocycles. The van der Waals surface area contributed by atoms with Crippen LogP contribution in [0.1, 0.15) is 66.2 Å². The third-order valence-corrected chi connectivity index (χ3v) is 11.8. The molecule has 0 spiro atoms. The van der Waals surface area contributed by atoms with E-state index in [9.17, 15) is 9.59 Å². The molecule has 2 aliphatic heterocycles. The lowest BCUT2D eigenvalue weighted by Crippen LogP contribution is -2.61. The van der Waals surface area contributed by atoms with Crippen LogP contribution in [0.15, 0.2) is 126 Å². The van der Waals surface area contributed by atoms with Gasteiger partial charge in [0.1, 0.15) is 12.2 Å². The predicted octanol–water partition coefficient (Wildman–Crippen LogP) is 8.52. The van der Waals surface area contributed by atoms with Gasteiger partial charge in [0.15, 0.2) is 18.7 Å². The SMILES string of the molecule is CCC1C[C@@H](Sc2ccccc2)C(OC(=O)c2ccccc2)[C@@H](C)[C@@H]1O[C@@H]1OC2COC(c3ccccc3)O[C@@H]2[C@H](C)C1OC(=O)c1ccccc1. The standard InChI is InChI=1S/C43H46O8S/c1-4-29-25-35(52-33-23-15-8-16-24-33)38(48-40(44)30-17-9-5-10-18-30)27(2)36(29)50-43-39(49-41(45)31-19-11-6-12-20-31)28(3)37-34(47-43)26-46-42(51-37)32-21-13-7-14-22-32/h5-24,27-29,34-39,42-43H,4,25-26H2,1-3H3/t27-,28-,29?,34?,35+,36-,37+,38?,39?,42?,43-/m0/s1. The van der Waals surface area contributed by atoms with E-state index in [1.807, 2.05) is 91.9 Å². The molecule has 0 N–H and O–H groups in total. The number of esters is 2. The first-order chi connectivity index (χ1) is 25.4. The Hall–Kier alpha value is -3.99. The third-order valence-electron chi connectivity index (χ3n) is 10.5. The molecule has 3 aliphatic rings. The van der Waals surface area contributed by atoms with Gasteiger partial charge in [-0.2, -0.15) is 0 Å². The van der Waals surface area contributed by atoms with E-state index in [0.29, 0.717) is 11.1 Å². The van der Waals surface area contributed by atoms with Crippen molar-refractivity contribution in [2.45, 2.75) is 86.9 Å². The van der Waals surface area contributed by atoms with Crippen molar-refractivity contribution in [3.63, 3.8) is 0 Å². The first kappa shape index (κ1) is 36.4. The first-order valence-electron chi connectivity index (χ1n) is 18.3. The highest BCUT2D eigenvalue weighted by molar-refractivity contribution is 8.00. The quantitative estimate of drug-likeness (QED) is 0.150. The average Bonchev–Trinajstić information content (AvgIpc) is 3.19. The number of hydrogen-bond acceptors (Lipinski definition) is 9. The molecule has 9 heteroatoms. The molecule has 3 fully saturated rings. The Bertz CT molecular complexity index is 1740. The van der Waals surface area contributed by atoms with E-state index in [1.54, 1.807) is 36.0 Å². The van der Waals surface area contributed by atoms with Crippen molar-refractivity contribution in [3.8, 4) is 0 Å². The number of benzene rings is 4. The first-order valence-corrected chi connectivity index (χ1v) is 19.1. The Labute approximate surface area is 310 Å². The minimum Gasteiger partial charge on any atom is -0.457 e. The number of carbonyl (C=O) groups excluding carboxylic acids is 2. The largest absolute Gasteiger partial charge is 0.457 e. The molecule has 1 aliphatic carbocycles. The highest BCUT2D eigenvalue weighted by atomic mass is 32.2. The van der Waals surface area contributed by atoms with Crippen LogP contribution in [-0.4, -0.2) is 60.6 Å². The second-order valence-electron chi connectivity index (χ2n) is 13.9. The Balaban J connectivity index is 1.16. The fraction of sp³-hybridized carbons (Fsp3) is 0.395. The van der Waals surface area contributed by atoms with Crippen LogP contribution >= 0.6 is 11.8 Å². The molecular formula is C43H46O8S. The van der Waals surface area contributed by atoms with Crippen molar-refractivity contribution in [3.05, 3.63) is 138 Å². The number of thioether (sulfide) groups is 1. The van der Waals surface area contributed by atoms with E-state index in [-0.39, 0.29) is 41.7 Å². The third kappa shape index (κ3) is 8.14. The maximum atomic E-state index is 13.6. The van der Waals surface area contributed by atoms with Gasteiger partial charge in [-0.1, -0.05) is 112 Å². The lowest BCUT2D eigenvalue weighted by atomic mass is 9.76. The van der Waals surface area contributed by atoms with Gasteiger partial charge in [-0.15, -0.1) is 11.8 Å². The molecule has 11 atom stereocenters. The molecule has 52 heavy (non-hydrogen) atoms. The highest BCUT2D eigenvalue weighted by Crippen LogP contribution is 2.46. The summed E-state index contributed by atoms with van der Waals surface area (Å²) in [6, 6.07) is 38.1. The smallest absolute Gasteiger partial charge is 0.338 e. The second kappa shape index (κ2) is 16.8. The zero-order valence-electron chi connectivity index (χ0n) is 29.7. The van der Waals surface area contributed by atoms with Crippen molar-refractivity contribution in [1.29, 1.82) is 0 Å². The van der Waals surface area contributed by atoms with Crippen LogP contribution in [0, 0.1) is 17.8 Å². The van der Waals surface area contributed by atoms with Gasteiger partial charge in [-0.25, -0.2) is 9.59 Å². The van der Waals surface area contributed by atoms with Crippen LogP contribution in [0.3, 0.4) is 0 Å². The summed E-state index contributed by atoms with van der Waals surface area (Å²) in [7, 11) is 0. The van der Waals surface area contributed by atoms with E-state index in [1.165, 1.54) is 0 Å². The minimum absolute atomic E-state index is 0.00721. The number of hydrogen-bond donors (Lipinski definition) is 0. The van der Waals surface area contributed by atoms with Crippen molar-refractivity contribution in [2.75, 3.05) is 6.61 Å². The maximum absolute atomic E-state index is 13.6. The van der Waals surface area contributed by atoms with Crippen molar-refractivity contribution >= 4 is 23.7 Å². The number of fused-ring (bicyclic) bond motifs is 1. The lowest BCUT2D eigenvalue weighted by molar-refractivity contribution is -0.361. The van der Waals surface area contributed by atoms with Crippen LogP contribution < -0.4 is 0 Å². The molecule has 8 nitrogen and oxygen atoms in total. The van der Waals surface area contributed by atoms with E-state index in [2.05, 4.69) is 26.0 Å². The van der Waals surface area contributed by atoms with Crippen molar-refractivity contribution in [2.24, 2.45) is 17.8 Å². The van der Waals surface area contributed by atoms with Gasteiger partial charge in [-0.05, 0) is 48.7 Å². The molecule has 272 valence electrons. The molecule has 0 aromatic heterocycles. The molecule has 7 rings (SSSR count). The molecular weight excluding hydrogens is 677 g/mol. The van der Waals surface area contributed by atoms with Gasteiger partial charge < -0.3 is 28.4 Å². The number of carbonyl (C=O) groups is 2. The second-order valence-corrected chi connectivity index (χ2v) is 15.2. The van der Waals surface area contributed by atoms with Gasteiger partial charge in [-0.3, -0.25) is 0 Å². The summed E-state index contributed by atoms with van der Waals surface area (Å²) in [5, 5.41) is -0.00721. The summed E-state index contributed by atoms with van der Waals surface area (Å²) in [5.41, 5.74) is 1.85. The summed E-state index contributed by atoms with van der Waals surface area (Å²) in [6.45, 7) is 6.56. The van der Waals surface area contributed by atoms with E-state index >= 15 is 0 Å². The van der Waals surface area contributed by atoms with E-state index in [4.69, 9.17) is 28.4 Å². The summed E-state index contributed by atoms with van der Waals surface area (Å²) in [4.78, 5) is 28.3. The molecule has 0 bridgehead atoms. The van der Waals surface area contributed by atoms with Gasteiger partial charge in [0.05, 0.1) is 29.9 Å². The fourth-order valence-corrected chi connectivity index (χ4v) is 9.13. The van der Waals surface area contributed by atoms with Gasteiger partial charge in [0.2, 0.25) is 0 Å². The van der Waals surface area contributed by atoms with Crippen molar-refractivity contribution in [1.82, 2.24) is 0 Å². The zero-order valence-corrected chi connectivity index (χ0v) is 30.5. The monoisotopic (exact) mass is 722 g/mol. The van der Waals surface area contributed by atoms with Gasteiger partial charge in [0, 0.05) is 27.5 Å². The molecule has 5 unspecified atom stereocenters. The average molecular weight is 723 g/mol. The van der Waals surface area contributed by atoms with Crippen LogP contribution in [0.5, 0.6) is 0 Å². The summed E-state index contributed by atoms with van der Waals surface area (Å²) >= 11 is 1.73. The normalized spacial score (nSPS) is 31.6. The summed E-state index contributed by atoms with van der Waals surface area (Å²) < 4.78 is 39.1. The van der Waals surface area contributed by atoms with Crippen molar-refractivity contribution < 1.29 is 38.0 Å². The molecule has 0 radical (unpaired) electrons. The lowest BCUT2D eigenvalue weighted by Gasteiger charge is -2.51. The fourth-order valence-electron chi connectivity index (χ4n) is 7.68. The van der Waals surface area contributed by atoms with E-state index in [0.717, 1.165) is 23.3 Å². The number of rotatable bonds is 10. The van der Waals surface area contributed by atoms with E-state index < -0.39 is 43.0 Å². The van der Waals surface area contributed by atoms with Crippen LogP contribution in [0.4, 0.5) is 0 Å². The highest BCUT2D eigenvalue weighted by Gasteiger charge is 2.53. The van der Waals surface area contributed by atoms with Gasteiger partial charge >= 0.3 is 11.9 Å². The maximum Gasteiger partial charge on any atom is 0.338 e. The molecule has 2 saturated heterocycles. The minimum atomic E-state index is -0.908. The van der Waals surface area contributed by atoms with Gasteiger partial charge in [0.25, 0.3) is 0 Å². The molecule has 4 aromatic carbocycles. The zero-order chi connectivity index (χ0) is 36.0. The van der Waals surface area contributed by atoms with Crippen LogP contribution in [0.2, 0.25) is 0 Å². The molecule has 0 amide bonds. The summed E-state index contributed by atoms with van der Waals surface area (Å²) in [5.74, 6) is -1.22. The molecule has 4 aromatic rings. The number of ether oxygens (including phenoxy) is 6.